The molecule has 1 aromatic rings. The molecular formula is C17H29N2O3P. The normalized spacial score (nSPS) is 22.2. The minimum Gasteiger partial charge on any atom is -0.507 e. The zero-order valence-electron chi connectivity index (χ0n) is 14.5. The van der Waals surface area contributed by atoms with E-state index in [2.05, 4.69) is 0 Å². The van der Waals surface area contributed by atoms with Gasteiger partial charge in [0, 0.05) is 24.7 Å². The Balaban J connectivity index is 2.64. The van der Waals surface area contributed by atoms with Crippen molar-refractivity contribution in [2.24, 2.45) is 0 Å². The van der Waals surface area contributed by atoms with Crippen LogP contribution in [-0.4, -0.2) is 50.8 Å². The third kappa shape index (κ3) is 3.34. The van der Waals surface area contributed by atoms with Gasteiger partial charge >= 0.3 is 0 Å². The number of aromatic hydroxyl groups is 1. The van der Waals surface area contributed by atoms with Crippen LogP contribution in [0.2, 0.25) is 0 Å². The van der Waals surface area contributed by atoms with Crippen molar-refractivity contribution in [3.63, 3.8) is 0 Å². The molecule has 1 aliphatic rings. The number of para-hydroxylation sites is 1. The lowest BCUT2D eigenvalue weighted by Gasteiger charge is -2.44. The summed E-state index contributed by atoms with van der Waals surface area (Å²) in [6.45, 7) is 8.76. The van der Waals surface area contributed by atoms with E-state index in [1.165, 1.54) is 0 Å². The van der Waals surface area contributed by atoms with Crippen LogP contribution < -0.4 is 5.30 Å². The third-order valence-electron chi connectivity index (χ3n) is 4.47. The molecule has 5 nitrogen and oxygen atoms in total. The van der Waals surface area contributed by atoms with Gasteiger partial charge in [-0.3, -0.25) is 4.57 Å². The van der Waals surface area contributed by atoms with Gasteiger partial charge in [-0.15, -0.1) is 0 Å². The third-order valence-corrected chi connectivity index (χ3v) is 8.25. The molecule has 0 saturated carbocycles. The molecule has 130 valence electrons. The number of hydrogen-bond acceptors (Lipinski definition) is 3. The van der Waals surface area contributed by atoms with Crippen molar-refractivity contribution in [1.82, 2.24) is 9.34 Å². The van der Waals surface area contributed by atoms with Gasteiger partial charge in [0.05, 0.1) is 11.9 Å². The van der Waals surface area contributed by atoms with Crippen LogP contribution in [0, 0.1) is 0 Å². The molecule has 0 bridgehead atoms. The number of phenols is 1. The molecule has 0 spiro atoms. The molecule has 0 amide bonds. The van der Waals surface area contributed by atoms with Gasteiger partial charge in [-0.2, -0.15) is 0 Å². The summed E-state index contributed by atoms with van der Waals surface area (Å²) in [7, 11) is -3.20. The summed E-state index contributed by atoms with van der Waals surface area (Å²) in [4.78, 5) is 0. The first-order valence-corrected chi connectivity index (χ1v) is 10.0. The molecule has 0 radical (unpaired) electrons. The van der Waals surface area contributed by atoms with Crippen LogP contribution in [0.15, 0.2) is 24.3 Å². The zero-order chi connectivity index (χ0) is 17.2. The number of rotatable bonds is 6. The highest BCUT2D eigenvalue weighted by atomic mass is 31.2. The summed E-state index contributed by atoms with van der Waals surface area (Å²) in [6.07, 6.45) is 1.74. The van der Waals surface area contributed by atoms with E-state index in [1.807, 2.05) is 43.1 Å². The molecule has 23 heavy (non-hydrogen) atoms. The number of phenolic OH excluding ortho intramolecular Hbond substituents is 1. The Kier molecular flexibility index (Phi) is 5.90. The predicted octanol–water partition coefficient (Wildman–Crippen LogP) is 2.79. The molecule has 1 heterocycles. The summed E-state index contributed by atoms with van der Waals surface area (Å²) >= 11 is 0. The van der Waals surface area contributed by atoms with Crippen molar-refractivity contribution in [2.45, 2.75) is 58.7 Å². The number of aliphatic hydroxyl groups is 1. The van der Waals surface area contributed by atoms with Crippen LogP contribution in [0.25, 0.3) is 0 Å². The van der Waals surface area contributed by atoms with Crippen LogP contribution in [0.4, 0.5) is 0 Å². The molecule has 1 saturated heterocycles. The lowest BCUT2D eigenvalue weighted by Crippen LogP contribution is -2.46. The summed E-state index contributed by atoms with van der Waals surface area (Å²) in [5.74, 6) is 0.0609. The van der Waals surface area contributed by atoms with E-state index >= 15 is 0 Å². The van der Waals surface area contributed by atoms with E-state index < -0.39 is 7.44 Å². The molecular weight excluding hydrogens is 311 g/mol. The smallest absolute Gasteiger partial charge is 0.250 e. The highest BCUT2D eigenvalue weighted by molar-refractivity contribution is 7.67. The van der Waals surface area contributed by atoms with E-state index in [-0.39, 0.29) is 30.5 Å². The Morgan fingerprint density at radius 1 is 1.26 bits per heavy atom. The van der Waals surface area contributed by atoms with Crippen molar-refractivity contribution in [1.29, 1.82) is 0 Å². The number of hydrogen-bond donors (Lipinski definition) is 2. The van der Waals surface area contributed by atoms with Gasteiger partial charge in [-0.05, 0) is 52.7 Å². The summed E-state index contributed by atoms with van der Waals surface area (Å²) in [5, 5.41) is 20.6. The van der Waals surface area contributed by atoms with Crippen LogP contribution >= 0.6 is 7.44 Å². The first kappa shape index (κ1) is 18.5. The van der Waals surface area contributed by atoms with Crippen LogP contribution in [0.1, 0.15) is 40.5 Å². The maximum Gasteiger partial charge on any atom is 0.250 e. The lowest BCUT2D eigenvalue weighted by molar-refractivity contribution is 0.196. The minimum absolute atomic E-state index is 0.0123. The number of benzene rings is 1. The molecule has 0 aliphatic carbocycles. The summed E-state index contributed by atoms with van der Waals surface area (Å²) < 4.78 is 18.3. The van der Waals surface area contributed by atoms with Crippen LogP contribution in [0.5, 0.6) is 5.75 Å². The second-order valence-corrected chi connectivity index (χ2v) is 9.29. The summed E-state index contributed by atoms with van der Waals surface area (Å²) in [5.41, 5.74) is 0. The maximum absolute atomic E-state index is 14.4. The first-order chi connectivity index (χ1) is 10.8. The highest BCUT2D eigenvalue weighted by Gasteiger charge is 2.47. The van der Waals surface area contributed by atoms with E-state index in [0.717, 1.165) is 12.8 Å². The van der Waals surface area contributed by atoms with E-state index in [0.29, 0.717) is 11.8 Å². The predicted molar refractivity (Wildman–Crippen MR) is 94.3 cm³/mol. The van der Waals surface area contributed by atoms with Gasteiger partial charge < -0.3 is 10.2 Å². The molecule has 1 unspecified atom stereocenters. The van der Waals surface area contributed by atoms with Crippen LogP contribution in [-0.2, 0) is 4.57 Å². The van der Waals surface area contributed by atoms with Crippen molar-refractivity contribution >= 4 is 12.7 Å². The minimum atomic E-state index is -3.20. The molecule has 1 fully saturated rings. The Bertz CT molecular complexity index is 569. The standard InChI is InChI=1S/C17H29N2O3P/c1-13(2)19(14(3)4)23(22,17-10-6-5-9-16(17)21)18-11-7-8-15(18)12-20/h5-6,9-10,13-15,20-21H,7-8,11-12H2,1-4H3/t15-,23?/m0/s1. The van der Waals surface area contributed by atoms with Crippen molar-refractivity contribution in [2.75, 3.05) is 13.2 Å². The van der Waals surface area contributed by atoms with E-state index in [1.54, 1.807) is 18.2 Å². The van der Waals surface area contributed by atoms with Crippen molar-refractivity contribution < 1.29 is 14.8 Å². The average Bonchev–Trinajstić information content (AvgIpc) is 2.95. The molecule has 2 N–H and O–H groups in total. The molecule has 2 atom stereocenters. The fraction of sp³-hybridized carbons (Fsp3) is 0.647. The second-order valence-electron chi connectivity index (χ2n) is 6.74. The van der Waals surface area contributed by atoms with E-state index in [4.69, 9.17) is 0 Å². The van der Waals surface area contributed by atoms with Gasteiger partial charge in [0.25, 0.3) is 0 Å². The Hall–Kier alpha value is -0.870. The highest BCUT2D eigenvalue weighted by Crippen LogP contribution is 2.58. The Morgan fingerprint density at radius 2 is 1.87 bits per heavy atom. The fourth-order valence-electron chi connectivity index (χ4n) is 3.69. The summed E-state index contributed by atoms with van der Waals surface area (Å²) in [6, 6.07) is 6.88. The number of aliphatic hydroxyl groups excluding tert-OH is 1. The average molecular weight is 340 g/mol. The van der Waals surface area contributed by atoms with Gasteiger partial charge in [0.2, 0.25) is 7.44 Å². The molecule has 1 aliphatic heterocycles. The van der Waals surface area contributed by atoms with Crippen molar-refractivity contribution in [3.05, 3.63) is 24.3 Å². The lowest BCUT2D eigenvalue weighted by atomic mass is 10.2. The Morgan fingerprint density at radius 3 is 2.39 bits per heavy atom. The van der Waals surface area contributed by atoms with Gasteiger partial charge in [-0.1, -0.05) is 12.1 Å². The first-order valence-electron chi connectivity index (χ1n) is 8.39. The second kappa shape index (κ2) is 7.35. The molecule has 0 aromatic heterocycles. The largest absolute Gasteiger partial charge is 0.507 e. The maximum atomic E-state index is 14.4. The molecule has 1 aromatic carbocycles. The van der Waals surface area contributed by atoms with Crippen LogP contribution in [0.3, 0.4) is 0 Å². The zero-order valence-corrected chi connectivity index (χ0v) is 15.4. The quantitative estimate of drug-likeness (QED) is 0.780. The molecule has 2 rings (SSSR count). The van der Waals surface area contributed by atoms with E-state index in [9.17, 15) is 14.8 Å². The van der Waals surface area contributed by atoms with Gasteiger partial charge in [-0.25, -0.2) is 9.34 Å². The topological polar surface area (TPSA) is 64.0 Å². The fourth-order valence-corrected chi connectivity index (χ4v) is 7.43. The SMILES string of the molecule is CC(C)N(C(C)C)P(=O)(c1ccccc1O)N1CCC[C@H]1CO. The molecule has 6 heteroatoms. The monoisotopic (exact) mass is 340 g/mol. The van der Waals surface area contributed by atoms with Gasteiger partial charge in [0.15, 0.2) is 0 Å². The van der Waals surface area contributed by atoms with Gasteiger partial charge in [0.1, 0.15) is 5.75 Å². The van der Waals surface area contributed by atoms with Crippen molar-refractivity contribution in [3.8, 4) is 5.75 Å². The number of nitrogens with zero attached hydrogens (tertiary/aromatic N) is 2. The Labute approximate surface area is 139 Å².